The number of carbonyl (C=O) groups is 1. The summed E-state index contributed by atoms with van der Waals surface area (Å²) < 4.78 is 4.19. The van der Waals surface area contributed by atoms with Crippen LogP contribution >= 0.6 is 0 Å². The smallest absolute Gasteiger partial charge is 0.253 e. The van der Waals surface area contributed by atoms with Gasteiger partial charge in [0.2, 0.25) is 0 Å². The molecule has 0 bridgehead atoms. The van der Waals surface area contributed by atoms with E-state index in [9.17, 15) is 4.79 Å². The molecule has 0 unspecified atom stereocenters. The van der Waals surface area contributed by atoms with Crippen molar-refractivity contribution in [3.63, 3.8) is 0 Å². The number of aromatic nitrogens is 3. The molecule has 0 radical (unpaired) electrons. The number of piperidine rings is 1. The second kappa shape index (κ2) is 7.37. The highest BCUT2D eigenvalue weighted by Gasteiger charge is 2.42. The van der Waals surface area contributed by atoms with Gasteiger partial charge in [-0.05, 0) is 75.2 Å². The number of nitrogens with one attached hydrogen (secondary N) is 1. The van der Waals surface area contributed by atoms with Gasteiger partial charge < -0.3 is 14.8 Å². The average Bonchev–Trinajstić information content (AvgIpc) is 3.46. The van der Waals surface area contributed by atoms with E-state index < -0.39 is 0 Å². The lowest BCUT2D eigenvalue weighted by molar-refractivity contribution is 0.0676. The highest BCUT2D eigenvalue weighted by Crippen LogP contribution is 2.43. The summed E-state index contributed by atoms with van der Waals surface area (Å²) in [6.45, 7) is 5.44. The quantitative estimate of drug-likeness (QED) is 0.488. The fraction of sp³-hybridized carbons (Fsp3) is 0.259. The number of nitrogens with zero attached hydrogens (tertiary/aromatic N) is 4. The Morgan fingerprint density at radius 2 is 1.79 bits per heavy atom. The van der Waals surface area contributed by atoms with Crippen LogP contribution in [-0.4, -0.2) is 38.2 Å². The van der Waals surface area contributed by atoms with E-state index in [4.69, 9.17) is 0 Å². The van der Waals surface area contributed by atoms with E-state index in [-0.39, 0.29) is 11.4 Å². The Balaban J connectivity index is 1.24. The first-order valence-corrected chi connectivity index (χ1v) is 11.5. The van der Waals surface area contributed by atoms with Crippen LogP contribution in [0.2, 0.25) is 0 Å². The molecule has 2 aliphatic rings. The molecule has 0 atom stereocenters. The van der Waals surface area contributed by atoms with Crippen molar-refractivity contribution in [2.45, 2.75) is 32.2 Å². The number of carbonyl (C=O) groups excluding carboxylic acids is 1. The minimum atomic E-state index is -0.153. The maximum absolute atomic E-state index is 13.4. The molecular weight excluding hydrogens is 410 g/mol. The van der Waals surface area contributed by atoms with Gasteiger partial charge in [0.25, 0.3) is 5.91 Å². The van der Waals surface area contributed by atoms with Crippen molar-refractivity contribution in [3.05, 3.63) is 95.6 Å². The SMILES string of the molecule is Cc1cc(C)n(-c2cccc(C(=O)N3CCC4(CC3)Nc3ccccc3-n3cccc34)c2)n1. The van der Waals surface area contributed by atoms with Crippen LogP contribution in [0.1, 0.15) is 40.3 Å². The fourth-order valence-corrected chi connectivity index (χ4v) is 5.41. The van der Waals surface area contributed by atoms with Crippen molar-refractivity contribution in [3.8, 4) is 11.4 Å². The van der Waals surface area contributed by atoms with Crippen LogP contribution in [0.25, 0.3) is 11.4 Å². The molecule has 0 saturated carbocycles. The van der Waals surface area contributed by atoms with Gasteiger partial charge in [-0.15, -0.1) is 0 Å². The summed E-state index contributed by atoms with van der Waals surface area (Å²) in [5.74, 6) is 0.0832. The van der Waals surface area contributed by atoms with E-state index in [1.54, 1.807) is 0 Å². The van der Waals surface area contributed by atoms with E-state index in [2.05, 4.69) is 57.6 Å². The molecule has 2 aromatic carbocycles. The monoisotopic (exact) mass is 437 g/mol. The van der Waals surface area contributed by atoms with Gasteiger partial charge in [0.15, 0.2) is 0 Å². The summed E-state index contributed by atoms with van der Waals surface area (Å²) in [4.78, 5) is 15.4. The van der Waals surface area contributed by atoms with E-state index in [0.717, 1.165) is 35.6 Å². The zero-order valence-electron chi connectivity index (χ0n) is 19.0. The first-order valence-electron chi connectivity index (χ1n) is 11.5. The summed E-state index contributed by atoms with van der Waals surface area (Å²) >= 11 is 0. The fourth-order valence-electron chi connectivity index (χ4n) is 5.41. The molecule has 1 N–H and O–H groups in total. The lowest BCUT2D eigenvalue weighted by Gasteiger charge is -2.46. The highest BCUT2D eigenvalue weighted by molar-refractivity contribution is 5.95. The number of hydrogen-bond acceptors (Lipinski definition) is 3. The third-order valence-electron chi connectivity index (χ3n) is 7.03. The lowest BCUT2D eigenvalue weighted by atomic mass is 9.82. The zero-order chi connectivity index (χ0) is 22.6. The van der Waals surface area contributed by atoms with Crippen LogP contribution in [-0.2, 0) is 5.54 Å². The predicted molar refractivity (Wildman–Crippen MR) is 129 cm³/mol. The molecule has 4 heterocycles. The standard InChI is InChI=1S/C27H27N5O/c1-19-17-20(2)32(29-19)22-8-5-7-21(18-22)26(33)30-15-12-27(13-16-30)25-11-6-14-31(25)24-10-4-3-9-23(24)28-27/h3-11,14,17-18,28H,12-13,15-16H2,1-2H3. The Morgan fingerprint density at radius 1 is 0.970 bits per heavy atom. The molecule has 33 heavy (non-hydrogen) atoms. The molecule has 6 nitrogen and oxygen atoms in total. The van der Waals surface area contributed by atoms with Gasteiger partial charge >= 0.3 is 0 Å². The minimum absolute atomic E-state index is 0.0832. The molecule has 1 saturated heterocycles. The van der Waals surface area contributed by atoms with Crippen LogP contribution < -0.4 is 5.32 Å². The molecule has 2 aliphatic heterocycles. The molecule has 1 fully saturated rings. The van der Waals surface area contributed by atoms with Crippen molar-refractivity contribution in [1.29, 1.82) is 0 Å². The number of para-hydroxylation sites is 2. The molecule has 166 valence electrons. The first kappa shape index (κ1) is 19.9. The molecule has 1 amide bonds. The van der Waals surface area contributed by atoms with Gasteiger partial charge in [-0.1, -0.05) is 18.2 Å². The summed E-state index contributed by atoms with van der Waals surface area (Å²) in [6.07, 6.45) is 3.88. The molecule has 0 aliphatic carbocycles. The summed E-state index contributed by atoms with van der Waals surface area (Å²) in [6, 6.07) is 22.6. The van der Waals surface area contributed by atoms with Crippen LogP contribution in [0.5, 0.6) is 0 Å². The van der Waals surface area contributed by atoms with Gasteiger partial charge in [-0.3, -0.25) is 4.79 Å². The van der Waals surface area contributed by atoms with Crippen molar-refractivity contribution in [2.75, 3.05) is 18.4 Å². The van der Waals surface area contributed by atoms with Gasteiger partial charge in [-0.2, -0.15) is 5.10 Å². The largest absolute Gasteiger partial charge is 0.372 e. The van der Waals surface area contributed by atoms with Gasteiger partial charge in [0.1, 0.15) is 0 Å². The Bertz CT molecular complexity index is 1360. The molecule has 1 spiro atoms. The van der Waals surface area contributed by atoms with Crippen LogP contribution in [0.15, 0.2) is 72.9 Å². The van der Waals surface area contributed by atoms with Gasteiger partial charge in [0, 0.05) is 36.2 Å². The molecular formula is C27H27N5O. The number of anilines is 1. The van der Waals surface area contributed by atoms with Gasteiger partial charge in [0.05, 0.1) is 28.3 Å². The summed E-state index contributed by atoms with van der Waals surface area (Å²) in [7, 11) is 0. The molecule has 6 heteroatoms. The number of hydrogen-bond donors (Lipinski definition) is 1. The predicted octanol–water partition coefficient (Wildman–Crippen LogP) is 4.84. The number of rotatable bonds is 2. The topological polar surface area (TPSA) is 55.1 Å². The Labute approximate surface area is 193 Å². The van der Waals surface area contributed by atoms with E-state index in [0.29, 0.717) is 18.7 Å². The third kappa shape index (κ3) is 3.17. The maximum Gasteiger partial charge on any atom is 0.253 e. The second-order valence-corrected chi connectivity index (χ2v) is 9.17. The van der Waals surface area contributed by atoms with Crippen molar-refractivity contribution < 1.29 is 4.79 Å². The Kier molecular flexibility index (Phi) is 4.43. The molecule has 6 rings (SSSR count). The highest BCUT2D eigenvalue weighted by atomic mass is 16.2. The lowest BCUT2D eigenvalue weighted by Crippen LogP contribution is -2.51. The number of aryl methyl sites for hydroxylation is 2. The molecule has 2 aromatic heterocycles. The van der Waals surface area contributed by atoms with Gasteiger partial charge in [-0.25, -0.2) is 4.68 Å². The number of amides is 1. The van der Waals surface area contributed by atoms with Crippen LogP contribution in [0.3, 0.4) is 0 Å². The van der Waals surface area contributed by atoms with Crippen molar-refractivity contribution in [2.24, 2.45) is 0 Å². The maximum atomic E-state index is 13.4. The van der Waals surface area contributed by atoms with E-state index >= 15 is 0 Å². The number of likely N-dealkylation sites (tertiary alicyclic amines) is 1. The number of benzene rings is 2. The van der Waals surface area contributed by atoms with Crippen LogP contribution in [0.4, 0.5) is 5.69 Å². The van der Waals surface area contributed by atoms with E-state index in [1.165, 1.54) is 11.4 Å². The first-order chi connectivity index (χ1) is 16.0. The Hall–Kier alpha value is -3.80. The van der Waals surface area contributed by atoms with Crippen molar-refractivity contribution >= 4 is 11.6 Å². The average molecular weight is 438 g/mol. The van der Waals surface area contributed by atoms with Crippen molar-refractivity contribution in [1.82, 2.24) is 19.2 Å². The normalized spacial score (nSPS) is 16.2. The summed E-state index contributed by atoms with van der Waals surface area (Å²) in [5, 5.41) is 8.39. The molecule has 4 aromatic rings. The summed E-state index contributed by atoms with van der Waals surface area (Å²) in [5.41, 5.74) is 7.12. The Morgan fingerprint density at radius 3 is 2.58 bits per heavy atom. The van der Waals surface area contributed by atoms with E-state index in [1.807, 2.05) is 53.8 Å². The zero-order valence-corrected chi connectivity index (χ0v) is 19.0. The second-order valence-electron chi connectivity index (χ2n) is 9.17. The minimum Gasteiger partial charge on any atom is -0.372 e. The van der Waals surface area contributed by atoms with Crippen LogP contribution in [0, 0.1) is 13.8 Å². The third-order valence-corrected chi connectivity index (χ3v) is 7.03. The number of fused-ring (bicyclic) bond motifs is 4.